The lowest BCUT2D eigenvalue weighted by atomic mass is 9.85. The highest BCUT2D eigenvalue weighted by Gasteiger charge is 2.27. The Kier molecular flexibility index (Phi) is 6.72. The summed E-state index contributed by atoms with van der Waals surface area (Å²) in [6.45, 7) is 5.05. The van der Waals surface area contributed by atoms with Gasteiger partial charge in [-0.2, -0.15) is 10.1 Å². The van der Waals surface area contributed by atoms with E-state index in [1.807, 2.05) is 17.1 Å². The molecular weight excluding hydrogens is 444 g/mol. The molecule has 3 aromatic rings. The number of carbonyl (C=O) groups is 1. The molecule has 0 spiro atoms. The molecule has 1 aliphatic heterocycles. The van der Waals surface area contributed by atoms with Crippen molar-refractivity contribution >= 4 is 34.4 Å². The minimum absolute atomic E-state index is 0.110. The second-order valence-electron chi connectivity index (χ2n) is 9.83. The first kappa shape index (κ1) is 23.3. The van der Waals surface area contributed by atoms with Crippen LogP contribution in [-0.2, 0) is 6.54 Å². The predicted molar refractivity (Wildman–Crippen MR) is 136 cm³/mol. The zero-order chi connectivity index (χ0) is 24.4. The van der Waals surface area contributed by atoms with Crippen LogP contribution < -0.4 is 10.2 Å². The van der Waals surface area contributed by atoms with Crippen molar-refractivity contribution in [2.45, 2.75) is 38.3 Å². The lowest BCUT2D eigenvalue weighted by Gasteiger charge is -2.34. The molecule has 10 nitrogen and oxygen atoms in total. The van der Waals surface area contributed by atoms with Gasteiger partial charge in [0.1, 0.15) is 0 Å². The van der Waals surface area contributed by atoms with Crippen LogP contribution in [0, 0.1) is 5.92 Å². The van der Waals surface area contributed by atoms with Crippen LogP contribution in [0.15, 0.2) is 36.7 Å². The molecule has 1 saturated carbocycles. The first-order chi connectivity index (χ1) is 17.0. The van der Waals surface area contributed by atoms with Crippen LogP contribution in [0.1, 0.15) is 25.7 Å². The normalized spacial score (nSPS) is 21.3. The van der Waals surface area contributed by atoms with E-state index >= 15 is 0 Å². The lowest BCUT2D eigenvalue weighted by Crippen LogP contribution is -2.44. The van der Waals surface area contributed by atoms with E-state index in [-0.39, 0.29) is 6.04 Å². The summed E-state index contributed by atoms with van der Waals surface area (Å²) in [5.74, 6) is 1.02. The Morgan fingerprint density at radius 2 is 1.80 bits per heavy atom. The Morgan fingerprint density at radius 1 is 1.09 bits per heavy atom. The summed E-state index contributed by atoms with van der Waals surface area (Å²) >= 11 is 0. The molecule has 35 heavy (non-hydrogen) atoms. The van der Waals surface area contributed by atoms with Crippen molar-refractivity contribution in [2.75, 3.05) is 50.5 Å². The molecule has 2 N–H and O–H groups in total. The Balaban J connectivity index is 1.22. The quantitative estimate of drug-likeness (QED) is 0.555. The molecule has 10 heteroatoms. The number of hydrogen-bond donors (Lipinski definition) is 2. The number of aromatic nitrogens is 4. The third-order valence-electron chi connectivity index (χ3n) is 7.47. The second kappa shape index (κ2) is 10.1. The van der Waals surface area contributed by atoms with Crippen molar-refractivity contribution < 1.29 is 9.90 Å². The maximum absolute atomic E-state index is 11.2. The van der Waals surface area contributed by atoms with E-state index in [1.165, 1.54) is 10.6 Å². The summed E-state index contributed by atoms with van der Waals surface area (Å²) < 4.78 is 1.96. The number of rotatable bonds is 6. The second-order valence-corrected chi connectivity index (χ2v) is 9.83. The van der Waals surface area contributed by atoms with Gasteiger partial charge in [0, 0.05) is 63.4 Å². The minimum Gasteiger partial charge on any atom is -0.465 e. The van der Waals surface area contributed by atoms with Gasteiger partial charge < -0.3 is 25.1 Å². The van der Waals surface area contributed by atoms with Crippen LogP contribution in [-0.4, -0.2) is 87.1 Å². The van der Waals surface area contributed by atoms with Crippen molar-refractivity contribution in [3.8, 4) is 0 Å². The summed E-state index contributed by atoms with van der Waals surface area (Å²) in [7, 11) is 3.83. The van der Waals surface area contributed by atoms with Gasteiger partial charge in [0.2, 0.25) is 5.95 Å². The molecular formula is C25H34N8O2. The largest absolute Gasteiger partial charge is 0.465 e. The summed E-state index contributed by atoms with van der Waals surface area (Å²) in [6.07, 6.45) is 6.52. The molecule has 3 heterocycles. The highest BCUT2D eigenvalue weighted by molar-refractivity contribution is 5.75. The first-order valence-corrected chi connectivity index (χ1v) is 12.4. The smallest absolute Gasteiger partial charge is 0.407 e. The van der Waals surface area contributed by atoms with Gasteiger partial charge in [-0.25, -0.2) is 14.5 Å². The summed E-state index contributed by atoms with van der Waals surface area (Å²) in [5.41, 5.74) is 3.01. The van der Waals surface area contributed by atoms with Crippen molar-refractivity contribution in [2.24, 2.45) is 5.92 Å². The van der Waals surface area contributed by atoms with E-state index < -0.39 is 6.09 Å². The summed E-state index contributed by atoms with van der Waals surface area (Å²) in [6, 6.07) is 8.55. The molecule has 1 aliphatic carbocycles. The third kappa shape index (κ3) is 5.32. The van der Waals surface area contributed by atoms with Crippen LogP contribution in [0.3, 0.4) is 0 Å². The average Bonchev–Trinajstić information content (AvgIpc) is 3.27. The van der Waals surface area contributed by atoms with E-state index in [1.54, 1.807) is 7.05 Å². The van der Waals surface area contributed by atoms with Crippen LogP contribution in [0.5, 0.6) is 0 Å². The molecule has 2 fully saturated rings. The van der Waals surface area contributed by atoms with Gasteiger partial charge in [-0.15, -0.1) is 0 Å². The number of benzene rings is 1. The number of carboxylic acid groups (broad SMARTS) is 1. The number of nitrogens with zero attached hydrogens (tertiary/aromatic N) is 7. The van der Waals surface area contributed by atoms with Gasteiger partial charge in [0.15, 0.2) is 5.65 Å². The van der Waals surface area contributed by atoms with Crippen LogP contribution >= 0.6 is 0 Å². The van der Waals surface area contributed by atoms with Crippen LogP contribution in [0.25, 0.3) is 11.0 Å². The van der Waals surface area contributed by atoms with E-state index in [2.05, 4.69) is 56.5 Å². The van der Waals surface area contributed by atoms with E-state index in [0.717, 1.165) is 75.1 Å². The SMILES string of the molecule is CN1CCN(c2ccc(Nc3ncc4cnn(C[C@H]5CC[C@H](N(C)C(=O)O)CC5)c4n3)cc2)CC1. The van der Waals surface area contributed by atoms with E-state index in [9.17, 15) is 9.90 Å². The van der Waals surface area contributed by atoms with E-state index in [0.29, 0.717) is 11.9 Å². The lowest BCUT2D eigenvalue weighted by molar-refractivity contribution is 0.116. The molecule has 0 unspecified atom stereocenters. The molecule has 0 radical (unpaired) electrons. The van der Waals surface area contributed by atoms with Gasteiger partial charge in [-0.05, 0) is 62.9 Å². The first-order valence-electron chi connectivity index (χ1n) is 12.4. The van der Waals surface area contributed by atoms with Crippen molar-refractivity contribution in [1.29, 1.82) is 0 Å². The molecule has 1 aromatic carbocycles. The summed E-state index contributed by atoms with van der Waals surface area (Å²) in [4.78, 5) is 26.7. The van der Waals surface area contributed by atoms with Crippen LogP contribution in [0.4, 0.5) is 22.1 Å². The highest BCUT2D eigenvalue weighted by atomic mass is 16.4. The maximum atomic E-state index is 11.2. The Bertz CT molecular complexity index is 1150. The fourth-order valence-corrected chi connectivity index (χ4v) is 5.13. The van der Waals surface area contributed by atoms with Crippen molar-refractivity contribution in [3.63, 3.8) is 0 Å². The predicted octanol–water partition coefficient (Wildman–Crippen LogP) is 3.49. The molecule has 2 aromatic heterocycles. The zero-order valence-electron chi connectivity index (χ0n) is 20.5. The molecule has 186 valence electrons. The number of piperazine rings is 1. The zero-order valence-corrected chi connectivity index (χ0v) is 20.5. The molecule has 5 rings (SSSR count). The molecule has 1 saturated heterocycles. The number of amides is 1. The monoisotopic (exact) mass is 478 g/mol. The Hall–Kier alpha value is -3.40. The number of fused-ring (bicyclic) bond motifs is 1. The number of hydrogen-bond acceptors (Lipinski definition) is 7. The third-order valence-corrected chi connectivity index (χ3v) is 7.47. The fourth-order valence-electron chi connectivity index (χ4n) is 5.13. The van der Waals surface area contributed by atoms with Gasteiger partial charge in [0.25, 0.3) is 0 Å². The van der Waals surface area contributed by atoms with E-state index in [4.69, 9.17) is 4.98 Å². The van der Waals surface area contributed by atoms with Gasteiger partial charge in [-0.3, -0.25) is 0 Å². The molecule has 2 aliphatic rings. The van der Waals surface area contributed by atoms with Gasteiger partial charge >= 0.3 is 6.09 Å². The summed E-state index contributed by atoms with van der Waals surface area (Å²) in [5, 5.41) is 18.0. The van der Waals surface area contributed by atoms with Gasteiger partial charge in [0.05, 0.1) is 11.6 Å². The van der Waals surface area contributed by atoms with Gasteiger partial charge in [-0.1, -0.05) is 0 Å². The average molecular weight is 479 g/mol. The van der Waals surface area contributed by atoms with Crippen molar-refractivity contribution in [3.05, 3.63) is 36.7 Å². The Morgan fingerprint density at radius 3 is 2.49 bits per heavy atom. The number of likely N-dealkylation sites (N-methyl/N-ethyl adjacent to an activating group) is 1. The fraction of sp³-hybridized carbons (Fsp3) is 0.520. The standard InChI is InChI=1S/C25H34N8O2/c1-30-11-13-32(14-12-30)22-9-5-20(6-10-22)28-24-26-15-19-16-27-33(23(19)29-24)17-18-3-7-21(8-4-18)31(2)25(34)35/h5-6,9-10,15-16,18,21H,3-4,7-8,11-14,17H2,1-2H3,(H,34,35)(H,26,28,29)/t18-,21-. The highest BCUT2D eigenvalue weighted by Crippen LogP contribution is 2.29. The molecule has 1 amide bonds. The maximum Gasteiger partial charge on any atom is 0.407 e. The molecule has 0 bridgehead atoms. The minimum atomic E-state index is -0.850. The topological polar surface area (TPSA) is 103 Å². The van der Waals surface area contributed by atoms with Crippen LogP contribution in [0.2, 0.25) is 0 Å². The molecule has 0 atom stereocenters. The number of nitrogens with one attached hydrogen (secondary N) is 1. The van der Waals surface area contributed by atoms with Crippen molar-refractivity contribution in [1.82, 2.24) is 29.5 Å². The Labute approximate surface area is 205 Å². The number of anilines is 3.